The first-order valence-corrected chi connectivity index (χ1v) is 9.30. The molecule has 0 bridgehead atoms. The second kappa shape index (κ2) is 6.71. The summed E-state index contributed by atoms with van der Waals surface area (Å²) in [4.78, 5) is 34.0. The van der Waals surface area contributed by atoms with Crippen LogP contribution < -0.4 is 0 Å². The second-order valence-corrected chi connectivity index (χ2v) is 7.61. The lowest BCUT2D eigenvalue weighted by molar-refractivity contribution is -0.147. The van der Waals surface area contributed by atoms with Crippen molar-refractivity contribution >= 4 is 11.8 Å². The van der Waals surface area contributed by atoms with E-state index < -0.39 is 5.41 Å². The molecule has 0 unspecified atom stereocenters. The smallest absolute Gasteiger partial charge is 0.254 e. The van der Waals surface area contributed by atoms with Crippen LogP contribution in [0.5, 0.6) is 0 Å². The Morgan fingerprint density at radius 3 is 2.85 bits per heavy atom. The highest BCUT2D eigenvalue weighted by Crippen LogP contribution is 2.41. The molecule has 9 heteroatoms. The van der Waals surface area contributed by atoms with E-state index in [1.807, 2.05) is 18.7 Å². The molecule has 0 N–H and O–H groups in total. The molecule has 142 valence electrons. The average molecular weight is 369 g/mol. The predicted octanol–water partition coefficient (Wildman–Crippen LogP) is 0.920. The number of hydrogen-bond donors (Lipinski definition) is 0. The Balaban J connectivity index is 1.53. The van der Waals surface area contributed by atoms with Crippen molar-refractivity contribution in [1.29, 1.82) is 0 Å². The van der Waals surface area contributed by atoms with E-state index >= 15 is 0 Å². The Hall–Kier alpha value is -2.84. The zero-order chi connectivity index (χ0) is 19.0. The van der Waals surface area contributed by atoms with E-state index in [0.29, 0.717) is 24.5 Å². The van der Waals surface area contributed by atoms with Gasteiger partial charge in [-0.2, -0.15) is 4.68 Å². The summed E-state index contributed by atoms with van der Waals surface area (Å²) in [6.07, 6.45) is 5.58. The summed E-state index contributed by atoms with van der Waals surface area (Å²) in [5, 5.41) is 11.0. The number of tetrazole rings is 1. The molecule has 2 aliphatic rings. The van der Waals surface area contributed by atoms with Crippen LogP contribution in [0.4, 0.5) is 0 Å². The fourth-order valence-corrected chi connectivity index (χ4v) is 4.14. The molecule has 2 aromatic heterocycles. The zero-order valence-corrected chi connectivity index (χ0v) is 15.6. The fourth-order valence-electron chi connectivity index (χ4n) is 4.14. The van der Waals surface area contributed by atoms with E-state index in [0.717, 1.165) is 25.8 Å². The van der Waals surface area contributed by atoms with Gasteiger partial charge in [-0.1, -0.05) is 0 Å². The third kappa shape index (κ3) is 3.07. The van der Waals surface area contributed by atoms with Gasteiger partial charge in [-0.25, -0.2) is 4.98 Å². The van der Waals surface area contributed by atoms with Gasteiger partial charge >= 0.3 is 0 Å². The summed E-state index contributed by atoms with van der Waals surface area (Å²) in [6, 6.07) is 3.55. The Labute approximate surface area is 157 Å². The zero-order valence-electron chi connectivity index (χ0n) is 15.6. The van der Waals surface area contributed by atoms with Gasteiger partial charge in [0.1, 0.15) is 6.33 Å². The second-order valence-electron chi connectivity index (χ2n) is 7.61. The van der Waals surface area contributed by atoms with E-state index in [1.54, 1.807) is 23.2 Å². The summed E-state index contributed by atoms with van der Waals surface area (Å²) < 4.78 is 1.41. The van der Waals surface area contributed by atoms with Crippen molar-refractivity contribution in [2.75, 3.05) is 19.6 Å². The van der Waals surface area contributed by atoms with Crippen molar-refractivity contribution < 1.29 is 9.59 Å². The van der Waals surface area contributed by atoms with Crippen LogP contribution in [0.25, 0.3) is 5.82 Å². The molecule has 4 heterocycles. The largest absolute Gasteiger partial charge is 0.340 e. The SMILES string of the molecule is CC(C)N1CCC[C@@]2(CCN(C(=O)c3ccnc(-n4cnnn4)c3)C2)C1=O. The summed E-state index contributed by atoms with van der Waals surface area (Å²) >= 11 is 0. The Kier molecular flexibility index (Phi) is 4.37. The van der Waals surface area contributed by atoms with Crippen molar-refractivity contribution in [3.63, 3.8) is 0 Å². The van der Waals surface area contributed by atoms with E-state index in [2.05, 4.69) is 20.5 Å². The number of pyridine rings is 1. The first-order chi connectivity index (χ1) is 13.0. The molecule has 27 heavy (non-hydrogen) atoms. The van der Waals surface area contributed by atoms with E-state index in [9.17, 15) is 9.59 Å². The van der Waals surface area contributed by atoms with Crippen molar-refractivity contribution in [1.82, 2.24) is 35.0 Å². The molecular weight excluding hydrogens is 346 g/mol. The van der Waals surface area contributed by atoms with Gasteiger partial charge in [-0.15, -0.1) is 5.10 Å². The van der Waals surface area contributed by atoms with Crippen molar-refractivity contribution in [2.45, 2.75) is 39.2 Å². The maximum absolute atomic E-state index is 13.1. The highest BCUT2D eigenvalue weighted by atomic mass is 16.2. The van der Waals surface area contributed by atoms with Gasteiger partial charge in [0.15, 0.2) is 5.82 Å². The van der Waals surface area contributed by atoms with Gasteiger partial charge in [-0.05, 0) is 55.7 Å². The molecule has 0 aliphatic carbocycles. The topological polar surface area (TPSA) is 97.1 Å². The van der Waals surface area contributed by atoms with Gasteiger partial charge in [0.25, 0.3) is 5.91 Å². The lowest BCUT2D eigenvalue weighted by atomic mass is 9.78. The van der Waals surface area contributed by atoms with E-state index in [4.69, 9.17) is 0 Å². The van der Waals surface area contributed by atoms with E-state index in [-0.39, 0.29) is 17.9 Å². The van der Waals surface area contributed by atoms with Gasteiger partial charge in [0.05, 0.1) is 5.41 Å². The van der Waals surface area contributed by atoms with Crippen LogP contribution in [0.2, 0.25) is 0 Å². The van der Waals surface area contributed by atoms with Crippen LogP contribution in [0.1, 0.15) is 43.5 Å². The molecule has 1 atom stereocenters. The minimum absolute atomic E-state index is 0.0851. The molecular formula is C18H23N7O2. The van der Waals surface area contributed by atoms with Crippen LogP contribution in [-0.4, -0.2) is 72.5 Å². The van der Waals surface area contributed by atoms with Crippen molar-refractivity contribution in [3.05, 3.63) is 30.2 Å². The van der Waals surface area contributed by atoms with E-state index in [1.165, 1.54) is 11.0 Å². The Morgan fingerprint density at radius 1 is 1.26 bits per heavy atom. The Bertz CT molecular complexity index is 851. The van der Waals surface area contributed by atoms with Crippen LogP contribution in [0, 0.1) is 5.41 Å². The first-order valence-electron chi connectivity index (χ1n) is 9.30. The number of rotatable bonds is 3. The molecule has 2 fully saturated rings. The average Bonchev–Trinajstić information content (AvgIpc) is 3.34. The number of aromatic nitrogens is 5. The molecule has 2 saturated heterocycles. The number of carbonyl (C=O) groups excluding carboxylic acids is 2. The molecule has 0 radical (unpaired) electrons. The minimum atomic E-state index is -0.427. The van der Waals surface area contributed by atoms with Crippen molar-refractivity contribution in [3.8, 4) is 5.82 Å². The van der Waals surface area contributed by atoms with Crippen LogP contribution in [-0.2, 0) is 4.79 Å². The third-order valence-corrected chi connectivity index (χ3v) is 5.61. The number of hydrogen-bond acceptors (Lipinski definition) is 6. The summed E-state index contributed by atoms with van der Waals surface area (Å²) in [7, 11) is 0. The van der Waals surface area contributed by atoms with Crippen molar-refractivity contribution in [2.24, 2.45) is 5.41 Å². The lowest BCUT2D eigenvalue weighted by Crippen LogP contribution is -2.52. The fraction of sp³-hybridized carbons (Fsp3) is 0.556. The van der Waals surface area contributed by atoms with Gasteiger partial charge in [0, 0.05) is 37.4 Å². The molecule has 2 amide bonds. The molecule has 1 spiro atoms. The van der Waals surface area contributed by atoms with Gasteiger partial charge < -0.3 is 9.80 Å². The number of nitrogens with zero attached hydrogens (tertiary/aromatic N) is 7. The molecule has 2 aliphatic heterocycles. The molecule has 0 saturated carbocycles. The van der Waals surface area contributed by atoms with Crippen LogP contribution in [0.3, 0.4) is 0 Å². The van der Waals surface area contributed by atoms with Crippen LogP contribution >= 0.6 is 0 Å². The monoisotopic (exact) mass is 369 g/mol. The van der Waals surface area contributed by atoms with Gasteiger partial charge in [-0.3, -0.25) is 9.59 Å². The maximum Gasteiger partial charge on any atom is 0.254 e. The maximum atomic E-state index is 13.1. The van der Waals surface area contributed by atoms with Crippen LogP contribution in [0.15, 0.2) is 24.7 Å². The Morgan fingerprint density at radius 2 is 2.11 bits per heavy atom. The van der Waals surface area contributed by atoms with Gasteiger partial charge in [0.2, 0.25) is 5.91 Å². The highest BCUT2D eigenvalue weighted by molar-refractivity contribution is 5.95. The summed E-state index contributed by atoms with van der Waals surface area (Å²) in [5.74, 6) is 0.598. The number of amides is 2. The summed E-state index contributed by atoms with van der Waals surface area (Å²) in [6.45, 7) is 5.99. The predicted molar refractivity (Wildman–Crippen MR) is 96.0 cm³/mol. The standard InChI is InChI=1S/C18H23N7O2/c1-13(2)24-8-3-5-18(17(24)27)6-9-23(11-18)16(26)14-4-7-19-15(10-14)25-12-20-21-22-25/h4,7,10,12-13H,3,5-6,8-9,11H2,1-2H3/t18-/m0/s1. The highest BCUT2D eigenvalue weighted by Gasteiger charge is 2.49. The molecule has 2 aromatic rings. The first kappa shape index (κ1) is 17.6. The number of piperidine rings is 1. The minimum Gasteiger partial charge on any atom is -0.340 e. The lowest BCUT2D eigenvalue weighted by Gasteiger charge is -2.41. The quantitative estimate of drug-likeness (QED) is 0.798. The normalized spacial score (nSPS) is 22.9. The molecule has 0 aromatic carbocycles. The number of carbonyl (C=O) groups is 2. The number of likely N-dealkylation sites (tertiary alicyclic amines) is 2. The molecule has 9 nitrogen and oxygen atoms in total. The molecule has 4 rings (SSSR count). The third-order valence-electron chi connectivity index (χ3n) is 5.61. The summed E-state index contributed by atoms with van der Waals surface area (Å²) in [5.41, 5.74) is 0.0978.